The van der Waals surface area contributed by atoms with Gasteiger partial charge >= 0.3 is 0 Å². The number of fused-ring (bicyclic) bond motifs is 3. The van der Waals surface area contributed by atoms with Crippen LogP contribution in [0.5, 0.6) is 5.75 Å². The number of carbonyl (C=O) groups is 1. The Morgan fingerprint density at radius 1 is 1.17 bits per heavy atom. The highest BCUT2D eigenvalue weighted by Crippen LogP contribution is 2.38. The van der Waals surface area contributed by atoms with Crippen molar-refractivity contribution >= 4 is 23.1 Å². The number of ketones is 1. The summed E-state index contributed by atoms with van der Waals surface area (Å²) in [6, 6.07) is 15.4. The number of Topliss-reactive ketones (excluding diaryl/α,β-unsaturated/α-hetero) is 1. The van der Waals surface area contributed by atoms with E-state index in [-0.39, 0.29) is 12.3 Å². The number of benzene rings is 2. The maximum Gasteiger partial charge on any atom is 0.206 e. The molecule has 0 bridgehead atoms. The number of hydrogen-bond acceptors (Lipinski definition) is 5. The van der Waals surface area contributed by atoms with E-state index >= 15 is 0 Å². The maximum absolute atomic E-state index is 12.7. The predicted octanol–water partition coefficient (Wildman–Crippen LogP) is 2.57. The average Bonchev–Trinajstić information content (AvgIpc) is 3.18. The molecule has 0 unspecified atom stereocenters. The molecule has 0 saturated carbocycles. The smallest absolute Gasteiger partial charge is 0.206 e. The van der Waals surface area contributed by atoms with Crippen molar-refractivity contribution in [2.75, 3.05) is 36.5 Å². The molecule has 0 aromatic heterocycles. The number of hydrogen-bond donors (Lipinski definition) is 0. The molecule has 0 N–H and O–H groups in total. The van der Waals surface area contributed by atoms with Crippen molar-refractivity contribution in [1.82, 2.24) is 0 Å². The van der Waals surface area contributed by atoms with Gasteiger partial charge in [0.1, 0.15) is 5.75 Å². The number of carbonyl (C=O) groups excluding carboxylic acids is 1. The number of guanidine groups is 1. The summed E-state index contributed by atoms with van der Waals surface area (Å²) in [5, 5.41) is 0. The normalized spacial score (nSPS) is 15.3. The third-order valence-corrected chi connectivity index (χ3v) is 4.22. The Morgan fingerprint density at radius 3 is 2.83 bits per heavy atom. The van der Waals surface area contributed by atoms with Crippen LogP contribution < -0.4 is 14.5 Å². The molecule has 0 atom stereocenters. The van der Waals surface area contributed by atoms with Gasteiger partial charge in [0.05, 0.1) is 31.6 Å². The first-order chi connectivity index (χ1) is 11.3. The van der Waals surface area contributed by atoms with Gasteiger partial charge in [-0.1, -0.05) is 24.3 Å². The second kappa shape index (κ2) is 5.43. The Labute approximate surface area is 134 Å². The fraction of sp³-hybridized carbons (Fsp3) is 0.222. The minimum absolute atomic E-state index is 0.0511. The van der Waals surface area contributed by atoms with Crippen LogP contribution in [0, 0.1) is 0 Å². The van der Waals surface area contributed by atoms with Crippen molar-refractivity contribution in [3.63, 3.8) is 0 Å². The Balaban J connectivity index is 1.64. The second-order valence-corrected chi connectivity index (χ2v) is 5.56. The molecule has 2 aromatic carbocycles. The molecule has 2 aliphatic rings. The van der Waals surface area contributed by atoms with E-state index in [1.165, 1.54) is 0 Å². The number of aliphatic imine (C=N–C) groups is 1. The summed E-state index contributed by atoms with van der Waals surface area (Å²) in [6.45, 7) is 1.92. The fourth-order valence-electron chi connectivity index (χ4n) is 3.11. The lowest BCUT2D eigenvalue weighted by Crippen LogP contribution is -2.38. The molecule has 5 nitrogen and oxygen atoms in total. The van der Waals surface area contributed by atoms with E-state index in [4.69, 9.17) is 4.74 Å². The molecule has 0 radical (unpaired) electrons. The van der Waals surface area contributed by atoms with Crippen LogP contribution in [-0.2, 0) is 0 Å². The number of para-hydroxylation sites is 2. The largest absolute Gasteiger partial charge is 0.497 e. The van der Waals surface area contributed by atoms with Gasteiger partial charge < -0.3 is 14.5 Å². The van der Waals surface area contributed by atoms with Gasteiger partial charge in [0, 0.05) is 12.1 Å². The van der Waals surface area contributed by atoms with Crippen molar-refractivity contribution in [2.24, 2.45) is 4.99 Å². The van der Waals surface area contributed by atoms with Gasteiger partial charge in [0.15, 0.2) is 5.78 Å². The Hall–Kier alpha value is -2.82. The van der Waals surface area contributed by atoms with E-state index in [0.717, 1.165) is 30.4 Å². The first-order valence-corrected chi connectivity index (χ1v) is 7.64. The molecule has 2 aromatic rings. The minimum atomic E-state index is 0.0511. The van der Waals surface area contributed by atoms with Crippen LogP contribution in [0.2, 0.25) is 0 Å². The Bertz CT molecular complexity index is 800. The first kappa shape index (κ1) is 13.8. The van der Waals surface area contributed by atoms with Crippen LogP contribution >= 0.6 is 0 Å². The lowest BCUT2D eigenvalue weighted by Gasteiger charge is -2.18. The minimum Gasteiger partial charge on any atom is -0.497 e. The van der Waals surface area contributed by atoms with Crippen LogP contribution in [-0.4, -0.2) is 38.5 Å². The van der Waals surface area contributed by atoms with Gasteiger partial charge in [-0.15, -0.1) is 0 Å². The first-order valence-electron chi connectivity index (χ1n) is 7.64. The topological polar surface area (TPSA) is 45.1 Å². The standard InChI is InChI=1S/C18H17N3O2/c1-23-14-6-4-5-13(11-14)17(22)12-21-16-8-3-2-7-15(16)20-10-9-19-18(20)21/h2-8,11H,9-10,12H2,1H3. The molecule has 5 heteroatoms. The van der Waals surface area contributed by atoms with Gasteiger partial charge in [0.25, 0.3) is 0 Å². The summed E-state index contributed by atoms with van der Waals surface area (Å²) in [5.41, 5.74) is 2.82. The van der Waals surface area contributed by atoms with Gasteiger partial charge in [0.2, 0.25) is 5.96 Å². The lowest BCUT2D eigenvalue weighted by molar-refractivity contribution is 0.100. The number of rotatable bonds is 4. The monoisotopic (exact) mass is 307 g/mol. The molecule has 0 aliphatic carbocycles. The molecule has 0 saturated heterocycles. The Kier molecular flexibility index (Phi) is 3.26. The van der Waals surface area contributed by atoms with E-state index in [2.05, 4.69) is 16.0 Å². The third kappa shape index (κ3) is 2.25. The average molecular weight is 307 g/mol. The third-order valence-electron chi connectivity index (χ3n) is 4.22. The van der Waals surface area contributed by atoms with Crippen molar-refractivity contribution in [3.05, 3.63) is 54.1 Å². The van der Waals surface area contributed by atoms with Crippen LogP contribution in [0.4, 0.5) is 11.4 Å². The highest BCUT2D eigenvalue weighted by molar-refractivity contribution is 6.19. The number of anilines is 2. The zero-order valence-corrected chi connectivity index (χ0v) is 12.9. The van der Waals surface area contributed by atoms with Crippen LogP contribution in [0.15, 0.2) is 53.5 Å². The molecule has 23 heavy (non-hydrogen) atoms. The maximum atomic E-state index is 12.7. The Morgan fingerprint density at radius 2 is 2.00 bits per heavy atom. The van der Waals surface area contributed by atoms with E-state index < -0.39 is 0 Å². The lowest BCUT2D eigenvalue weighted by atomic mass is 10.1. The summed E-state index contributed by atoms with van der Waals surface area (Å²) in [6.07, 6.45) is 0. The van der Waals surface area contributed by atoms with Gasteiger partial charge in [-0.3, -0.25) is 9.79 Å². The van der Waals surface area contributed by atoms with Crippen molar-refractivity contribution in [3.8, 4) is 5.75 Å². The van der Waals surface area contributed by atoms with Crippen molar-refractivity contribution in [1.29, 1.82) is 0 Å². The molecule has 2 heterocycles. The SMILES string of the molecule is COc1cccc(C(=O)CN2C3=NCCN3c3ccccc32)c1. The summed E-state index contributed by atoms with van der Waals surface area (Å²) >= 11 is 0. The predicted molar refractivity (Wildman–Crippen MR) is 90.8 cm³/mol. The van der Waals surface area contributed by atoms with Crippen molar-refractivity contribution in [2.45, 2.75) is 0 Å². The number of nitrogens with zero attached hydrogens (tertiary/aromatic N) is 3. The van der Waals surface area contributed by atoms with Crippen molar-refractivity contribution < 1.29 is 9.53 Å². The summed E-state index contributed by atoms with van der Waals surface area (Å²) in [7, 11) is 1.60. The van der Waals surface area contributed by atoms with Crippen LogP contribution in [0.1, 0.15) is 10.4 Å². The second-order valence-electron chi connectivity index (χ2n) is 5.56. The highest BCUT2D eigenvalue weighted by atomic mass is 16.5. The summed E-state index contributed by atoms with van der Waals surface area (Å²) < 4.78 is 5.20. The zero-order valence-electron chi connectivity index (χ0n) is 12.9. The summed E-state index contributed by atoms with van der Waals surface area (Å²) in [4.78, 5) is 21.4. The molecule has 0 amide bonds. The number of ether oxygens (including phenoxy) is 1. The van der Waals surface area contributed by atoms with Gasteiger partial charge in [-0.25, -0.2) is 0 Å². The molecule has 0 spiro atoms. The summed E-state index contributed by atoms with van der Waals surface area (Å²) in [5.74, 6) is 1.62. The van der Waals surface area contributed by atoms with Crippen LogP contribution in [0.25, 0.3) is 0 Å². The van der Waals surface area contributed by atoms with Crippen LogP contribution in [0.3, 0.4) is 0 Å². The van der Waals surface area contributed by atoms with E-state index in [9.17, 15) is 4.79 Å². The molecular weight excluding hydrogens is 290 g/mol. The zero-order chi connectivity index (χ0) is 15.8. The quantitative estimate of drug-likeness (QED) is 0.815. The molecule has 116 valence electrons. The van der Waals surface area contributed by atoms with Gasteiger partial charge in [-0.2, -0.15) is 0 Å². The molecule has 4 rings (SSSR count). The highest BCUT2D eigenvalue weighted by Gasteiger charge is 2.35. The van der Waals surface area contributed by atoms with E-state index in [0.29, 0.717) is 11.3 Å². The number of methoxy groups -OCH3 is 1. The molecule has 2 aliphatic heterocycles. The van der Waals surface area contributed by atoms with E-state index in [1.807, 2.05) is 41.3 Å². The molecule has 0 fully saturated rings. The molecular formula is C18H17N3O2. The van der Waals surface area contributed by atoms with Gasteiger partial charge in [-0.05, 0) is 24.3 Å². The fourth-order valence-corrected chi connectivity index (χ4v) is 3.11. The van der Waals surface area contributed by atoms with E-state index in [1.54, 1.807) is 13.2 Å².